The molecule has 0 bridgehead atoms. The molecule has 0 atom stereocenters. The van der Waals surface area contributed by atoms with E-state index in [1.807, 2.05) is 11.8 Å². The molecule has 1 N–H and O–H groups in total. The van der Waals surface area contributed by atoms with Gasteiger partial charge in [0, 0.05) is 6.54 Å². The predicted octanol–water partition coefficient (Wildman–Crippen LogP) is 1.73. The molecule has 1 aromatic heterocycles. The van der Waals surface area contributed by atoms with E-state index in [2.05, 4.69) is 5.10 Å². The van der Waals surface area contributed by atoms with Crippen LogP contribution in [0.5, 0.6) is 5.75 Å². The SMILES string of the molecule is COc1cnn(CC2CCSCC2)c1C(=O)O. The highest BCUT2D eigenvalue weighted by atomic mass is 32.2. The van der Waals surface area contributed by atoms with Gasteiger partial charge < -0.3 is 9.84 Å². The highest BCUT2D eigenvalue weighted by Gasteiger charge is 2.22. The van der Waals surface area contributed by atoms with Crippen LogP contribution in [-0.2, 0) is 6.54 Å². The second kappa shape index (κ2) is 5.44. The zero-order valence-electron chi connectivity index (χ0n) is 9.76. The molecule has 1 saturated heterocycles. The third kappa shape index (κ3) is 2.74. The van der Waals surface area contributed by atoms with Gasteiger partial charge in [0.1, 0.15) is 0 Å². The van der Waals surface area contributed by atoms with Crippen molar-refractivity contribution in [1.82, 2.24) is 9.78 Å². The minimum atomic E-state index is -0.982. The summed E-state index contributed by atoms with van der Waals surface area (Å²) >= 11 is 1.96. The topological polar surface area (TPSA) is 64.4 Å². The molecule has 0 spiro atoms. The third-order valence-electron chi connectivity index (χ3n) is 3.00. The zero-order chi connectivity index (χ0) is 12.3. The highest BCUT2D eigenvalue weighted by molar-refractivity contribution is 7.99. The van der Waals surface area contributed by atoms with Gasteiger partial charge in [-0.15, -0.1) is 0 Å². The van der Waals surface area contributed by atoms with E-state index in [9.17, 15) is 4.79 Å². The Labute approximate surface area is 104 Å². The van der Waals surface area contributed by atoms with Crippen LogP contribution in [0, 0.1) is 5.92 Å². The summed E-state index contributed by atoms with van der Waals surface area (Å²) in [7, 11) is 1.46. The Morgan fingerprint density at radius 3 is 2.94 bits per heavy atom. The van der Waals surface area contributed by atoms with Gasteiger partial charge in [0.15, 0.2) is 11.4 Å². The van der Waals surface area contributed by atoms with Gasteiger partial charge in [-0.25, -0.2) is 4.79 Å². The Balaban J connectivity index is 2.14. The lowest BCUT2D eigenvalue weighted by atomic mass is 10.0. The lowest BCUT2D eigenvalue weighted by molar-refractivity contribution is 0.0677. The molecule has 0 amide bonds. The van der Waals surface area contributed by atoms with Crippen LogP contribution in [0.15, 0.2) is 6.20 Å². The first-order chi connectivity index (χ1) is 8.22. The normalized spacial score (nSPS) is 17.0. The van der Waals surface area contributed by atoms with Gasteiger partial charge in [0.25, 0.3) is 0 Å². The molecule has 0 radical (unpaired) electrons. The van der Waals surface area contributed by atoms with Gasteiger partial charge >= 0.3 is 5.97 Å². The molecule has 0 aliphatic carbocycles. The Bertz CT molecular complexity index is 399. The van der Waals surface area contributed by atoms with E-state index in [0.29, 0.717) is 18.2 Å². The number of nitrogens with zero attached hydrogens (tertiary/aromatic N) is 2. The second-order valence-electron chi connectivity index (χ2n) is 4.10. The summed E-state index contributed by atoms with van der Waals surface area (Å²) in [6.45, 7) is 0.672. The summed E-state index contributed by atoms with van der Waals surface area (Å²) in [4.78, 5) is 11.2. The summed E-state index contributed by atoms with van der Waals surface area (Å²) in [5, 5.41) is 13.3. The fourth-order valence-electron chi connectivity index (χ4n) is 2.05. The maximum absolute atomic E-state index is 11.2. The lowest BCUT2D eigenvalue weighted by Gasteiger charge is -2.21. The van der Waals surface area contributed by atoms with E-state index in [4.69, 9.17) is 9.84 Å². The Hall–Kier alpha value is -1.17. The van der Waals surface area contributed by atoms with Gasteiger partial charge in [-0.2, -0.15) is 16.9 Å². The fourth-order valence-corrected chi connectivity index (χ4v) is 3.25. The van der Waals surface area contributed by atoms with E-state index in [1.165, 1.54) is 13.3 Å². The van der Waals surface area contributed by atoms with Crippen LogP contribution in [-0.4, -0.2) is 39.5 Å². The first-order valence-corrected chi connectivity index (χ1v) is 6.78. The molecule has 2 heterocycles. The predicted molar refractivity (Wildman–Crippen MR) is 65.8 cm³/mol. The average molecular weight is 256 g/mol. The summed E-state index contributed by atoms with van der Waals surface area (Å²) in [5.74, 6) is 2.20. The highest BCUT2D eigenvalue weighted by Crippen LogP contribution is 2.26. The van der Waals surface area contributed by atoms with Crippen molar-refractivity contribution >= 4 is 17.7 Å². The van der Waals surface area contributed by atoms with Crippen molar-refractivity contribution in [3.63, 3.8) is 0 Å². The number of methoxy groups -OCH3 is 1. The number of ether oxygens (including phenoxy) is 1. The number of aromatic nitrogens is 2. The van der Waals surface area contributed by atoms with E-state index in [0.717, 1.165) is 24.3 Å². The summed E-state index contributed by atoms with van der Waals surface area (Å²) in [6, 6.07) is 0. The van der Waals surface area contributed by atoms with Crippen molar-refractivity contribution in [2.24, 2.45) is 5.92 Å². The Morgan fingerprint density at radius 1 is 1.65 bits per heavy atom. The number of aromatic carboxylic acids is 1. The van der Waals surface area contributed by atoms with Crippen LogP contribution < -0.4 is 4.74 Å². The van der Waals surface area contributed by atoms with Crippen molar-refractivity contribution in [3.05, 3.63) is 11.9 Å². The van der Waals surface area contributed by atoms with Gasteiger partial charge in [-0.3, -0.25) is 4.68 Å². The molecular formula is C11H16N2O3S. The third-order valence-corrected chi connectivity index (χ3v) is 4.05. The van der Waals surface area contributed by atoms with E-state index >= 15 is 0 Å². The lowest BCUT2D eigenvalue weighted by Crippen LogP contribution is -2.20. The largest absolute Gasteiger partial charge is 0.493 e. The molecule has 5 nitrogen and oxygen atoms in total. The van der Waals surface area contributed by atoms with Crippen LogP contribution >= 0.6 is 11.8 Å². The number of hydrogen-bond acceptors (Lipinski definition) is 4. The maximum Gasteiger partial charge on any atom is 0.358 e. The van der Waals surface area contributed by atoms with Crippen LogP contribution in [0.3, 0.4) is 0 Å². The summed E-state index contributed by atoms with van der Waals surface area (Å²) in [5.41, 5.74) is 0.158. The maximum atomic E-state index is 11.2. The molecule has 1 aliphatic rings. The quantitative estimate of drug-likeness (QED) is 0.888. The first kappa shape index (κ1) is 12.3. The number of thioether (sulfide) groups is 1. The van der Waals surface area contributed by atoms with Crippen molar-refractivity contribution in [1.29, 1.82) is 0 Å². The zero-order valence-corrected chi connectivity index (χ0v) is 10.6. The number of hydrogen-bond donors (Lipinski definition) is 1. The van der Waals surface area contributed by atoms with Crippen molar-refractivity contribution in [3.8, 4) is 5.75 Å². The Morgan fingerprint density at radius 2 is 2.35 bits per heavy atom. The Kier molecular flexibility index (Phi) is 3.93. The van der Waals surface area contributed by atoms with Crippen LogP contribution in [0.25, 0.3) is 0 Å². The first-order valence-electron chi connectivity index (χ1n) is 5.63. The van der Waals surface area contributed by atoms with E-state index in [1.54, 1.807) is 4.68 Å². The number of carboxylic acids is 1. The molecule has 0 unspecified atom stereocenters. The minimum absolute atomic E-state index is 0.158. The molecule has 2 rings (SSSR count). The van der Waals surface area contributed by atoms with Crippen LogP contribution in [0.4, 0.5) is 0 Å². The molecular weight excluding hydrogens is 240 g/mol. The van der Waals surface area contributed by atoms with Gasteiger partial charge in [0.05, 0.1) is 13.3 Å². The van der Waals surface area contributed by atoms with Gasteiger partial charge in [0.2, 0.25) is 0 Å². The monoisotopic (exact) mass is 256 g/mol. The van der Waals surface area contributed by atoms with Crippen molar-refractivity contribution in [2.45, 2.75) is 19.4 Å². The van der Waals surface area contributed by atoms with Crippen LogP contribution in [0.1, 0.15) is 23.3 Å². The van der Waals surface area contributed by atoms with Gasteiger partial charge in [-0.05, 0) is 30.3 Å². The van der Waals surface area contributed by atoms with E-state index in [-0.39, 0.29) is 5.69 Å². The van der Waals surface area contributed by atoms with Gasteiger partial charge in [-0.1, -0.05) is 0 Å². The molecule has 6 heteroatoms. The van der Waals surface area contributed by atoms with Crippen molar-refractivity contribution < 1.29 is 14.6 Å². The average Bonchev–Trinajstić information content (AvgIpc) is 2.73. The molecule has 1 fully saturated rings. The molecule has 1 aromatic rings. The smallest absolute Gasteiger partial charge is 0.358 e. The molecule has 0 aromatic carbocycles. The molecule has 17 heavy (non-hydrogen) atoms. The van der Waals surface area contributed by atoms with E-state index < -0.39 is 5.97 Å². The molecule has 0 saturated carbocycles. The standard InChI is InChI=1S/C11H16N2O3S/c1-16-9-6-12-13(10(9)11(14)15)7-8-2-4-17-5-3-8/h6,8H,2-5,7H2,1H3,(H,14,15). The second-order valence-corrected chi connectivity index (χ2v) is 5.33. The summed E-state index contributed by atoms with van der Waals surface area (Å²) < 4.78 is 6.57. The number of carboxylic acid groups (broad SMARTS) is 1. The van der Waals surface area contributed by atoms with Crippen molar-refractivity contribution in [2.75, 3.05) is 18.6 Å². The molecule has 94 valence electrons. The summed E-state index contributed by atoms with van der Waals surface area (Å²) in [6.07, 6.45) is 3.73. The number of rotatable bonds is 4. The van der Waals surface area contributed by atoms with Crippen LogP contribution in [0.2, 0.25) is 0 Å². The fraction of sp³-hybridized carbons (Fsp3) is 0.636. The molecule has 1 aliphatic heterocycles. The minimum Gasteiger partial charge on any atom is -0.493 e. The number of carbonyl (C=O) groups is 1.